The van der Waals surface area contributed by atoms with E-state index in [1.54, 1.807) is 18.3 Å². The Morgan fingerprint density at radius 3 is 2.89 bits per heavy atom. The quantitative estimate of drug-likeness (QED) is 0.857. The molecule has 0 N–H and O–H groups in total. The summed E-state index contributed by atoms with van der Waals surface area (Å²) in [5, 5.41) is 3.93. The molecular formula is C13H14N2O3S. The first-order valence-corrected chi connectivity index (χ1v) is 7.91. The SMILES string of the molecule is O=S(=O)(Cc1noc2c1CCCC2)c1cccnc1. The Morgan fingerprint density at radius 2 is 2.11 bits per heavy atom. The number of nitrogens with zero attached hydrogens (tertiary/aromatic N) is 2. The zero-order valence-electron chi connectivity index (χ0n) is 10.4. The molecule has 0 spiro atoms. The summed E-state index contributed by atoms with van der Waals surface area (Å²) in [4.78, 5) is 4.07. The van der Waals surface area contributed by atoms with Gasteiger partial charge >= 0.3 is 0 Å². The highest BCUT2D eigenvalue weighted by Crippen LogP contribution is 2.26. The maximum absolute atomic E-state index is 12.3. The third kappa shape index (κ3) is 2.40. The molecule has 6 heteroatoms. The predicted octanol–water partition coefficient (Wildman–Crippen LogP) is 1.92. The van der Waals surface area contributed by atoms with Gasteiger partial charge in [0.05, 0.1) is 4.90 Å². The first kappa shape index (κ1) is 12.3. The van der Waals surface area contributed by atoms with E-state index in [0.717, 1.165) is 37.0 Å². The third-order valence-corrected chi connectivity index (χ3v) is 4.97. The first-order valence-electron chi connectivity index (χ1n) is 6.26. The summed E-state index contributed by atoms with van der Waals surface area (Å²) in [7, 11) is -3.40. The van der Waals surface area contributed by atoms with E-state index in [4.69, 9.17) is 4.52 Å². The van der Waals surface area contributed by atoms with Gasteiger partial charge in [0, 0.05) is 24.4 Å². The number of hydrogen-bond acceptors (Lipinski definition) is 5. The molecule has 0 amide bonds. The number of fused-ring (bicyclic) bond motifs is 1. The van der Waals surface area contributed by atoms with Gasteiger partial charge in [-0.25, -0.2) is 8.42 Å². The zero-order valence-corrected chi connectivity index (χ0v) is 11.2. The maximum Gasteiger partial charge on any atom is 0.185 e. The van der Waals surface area contributed by atoms with Crippen molar-refractivity contribution in [3.8, 4) is 0 Å². The fourth-order valence-electron chi connectivity index (χ4n) is 2.36. The molecule has 0 bridgehead atoms. The Kier molecular flexibility index (Phi) is 3.10. The number of rotatable bonds is 3. The molecule has 1 aliphatic carbocycles. The molecule has 0 unspecified atom stereocenters. The number of hydrogen-bond donors (Lipinski definition) is 0. The van der Waals surface area contributed by atoms with Crippen molar-refractivity contribution >= 4 is 9.84 Å². The molecule has 5 nitrogen and oxygen atoms in total. The van der Waals surface area contributed by atoms with Gasteiger partial charge in [0.2, 0.25) is 0 Å². The summed E-state index contributed by atoms with van der Waals surface area (Å²) in [6, 6.07) is 3.17. The topological polar surface area (TPSA) is 73.1 Å². The maximum atomic E-state index is 12.3. The Hall–Kier alpha value is -1.69. The van der Waals surface area contributed by atoms with Gasteiger partial charge in [-0.15, -0.1) is 0 Å². The predicted molar refractivity (Wildman–Crippen MR) is 68.3 cm³/mol. The summed E-state index contributed by atoms with van der Waals surface area (Å²) in [5.74, 6) is 0.736. The molecule has 0 radical (unpaired) electrons. The van der Waals surface area contributed by atoms with Gasteiger partial charge in [-0.05, 0) is 31.4 Å². The van der Waals surface area contributed by atoms with Crippen molar-refractivity contribution < 1.29 is 12.9 Å². The monoisotopic (exact) mass is 278 g/mol. The molecule has 3 rings (SSSR count). The smallest absolute Gasteiger partial charge is 0.185 e. The van der Waals surface area contributed by atoms with Crippen molar-refractivity contribution in [2.24, 2.45) is 0 Å². The molecule has 0 aromatic carbocycles. The van der Waals surface area contributed by atoms with E-state index in [9.17, 15) is 8.42 Å². The average molecular weight is 278 g/mol. The number of sulfone groups is 1. The van der Waals surface area contributed by atoms with Crippen LogP contribution in [0, 0.1) is 0 Å². The minimum absolute atomic E-state index is 0.114. The highest BCUT2D eigenvalue weighted by molar-refractivity contribution is 7.90. The van der Waals surface area contributed by atoms with Crippen LogP contribution in [0.1, 0.15) is 29.9 Å². The van der Waals surface area contributed by atoms with Crippen LogP contribution in [-0.4, -0.2) is 18.6 Å². The lowest BCUT2D eigenvalue weighted by Crippen LogP contribution is -2.09. The molecule has 0 aliphatic heterocycles. The second-order valence-corrected chi connectivity index (χ2v) is 6.68. The van der Waals surface area contributed by atoms with E-state index in [2.05, 4.69) is 10.1 Å². The lowest BCUT2D eigenvalue weighted by atomic mass is 9.97. The normalized spacial score (nSPS) is 15.2. The first-order chi connectivity index (χ1) is 9.17. The van der Waals surface area contributed by atoms with E-state index < -0.39 is 9.84 Å². The molecule has 1 aliphatic rings. The number of aromatic nitrogens is 2. The standard InChI is InChI=1S/C13H14N2O3S/c16-19(17,10-4-3-7-14-8-10)9-12-11-5-1-2-6-13(11)18-15-12/h3-4,7-8H,1-2,5-6,9H2. The molecular weight excluding hydrogens is 264 g/mol. The third-order valence-electron chi connectivity index (χ3n) is 3.35. The molecule has 0 atom stereocenters. The molecule has 19 heavy (non-hydrogen) atoms. The van der Waals surface area contributed by atoms with Gasteiger partial charge in [0.1, 0.15) is 17.2 Å². The second kappa shape index (κ2) is 4.77. The van der Waals surface area contributed by atoms with Crippen LogP contribution in [0.3, 0.4) is 0 Å². The van der Waals surface area contributed by atoms with Crippen molar-refractivity contribution in [3.05, 3.63) is 41.5 Å². The van der Waals surface area contributed by atoms with Gasteiger partial charge < -0.3 is 4.52 Å². The van der Waals surface area contributed by atoms with Crippen LogP contribution in [0.25, 0.3) is 0 Å². The highest BCUT2D eigenvalue weighted by atomic mass is 32.2. The lowest BCUT2D eigenvalue weighted by molar-refractivity contribution is 0.369. The fraction of sp³-hybridized carbons (Fsp3) is 0.385. The summed E-state index contributed by atoms with van der Waals surface area (Å²) < 4.78 is 29.8. The van der Waals surface area contributed by atoms with Gasteiger partial charge in [-0.2, -0.15) is 0 Å². The Balaban J connectivity index is 1.91. The summed E-state index contributed by atoms with van der Waals surface area (Å²) in [6.45, 7) is 0. The molecule has 0 saturated heterocycles. The number of pyridine rings is 1. The Bertz CT molecular complexity index is 677. The highest BCUT2D eigenvalue weighted by Gasteiger charge is 2.24. The Morgan fingerprint density at radius 1 is 1.26 bits per heavy atom. The van der Waals surface area contributed by atoms with Gasteiger partial charge in [0.15, 0.2) is 9.84 Å². The minimum atomic E-state index is -3.40. The zero-order chi connectivity index (χ0) is 13.3. The van der Waals surface area contributed by atoms with Gasteiger partial charge in [-0.1, -0.05) is 5.16 Å². The van der Waals surface area contributed by atoms with Crippen molar-refractivity contribution in [1.82, 2.24) is 10.1 Å². The summed E-state index contributed by atoms with van der Waals surface area (Å²) in [6.07, 6.45) is 6.77. The lowest BCUT2D eigenvalue weighted by Gasteiger charge is -2.09. The molecule has 100 valence electrons. The minimum Gasteiger partial charge on any atom is -0.361 e. The van der Waals surface area contributed by atoms with Crippen molar-refractivity contribution in [2.45, 2.75) is 36.3 Å². The van der Waals surface area contributed by atoms with Gasteiger partial charge in [0.25, 0.3) is 0 Å². The van der Waals surface area contributed by atoms with E-state index >= 15 is 0 Å². The van der Waals surface area contributed by atoms with E-state index in [1.165, 1.54) is 6.20 Å². The molecule has 2 heterocycles. The van der Waals surface area contributed by atoms with E-state index in [0.29, 0.717) is 5.69 Å². The van der Waals surface area contributed by atoms with Crippen LogP contribution in [0.15, 0.2) is 33.9 Å². The number of aryl methyl sites for hydroxylation is 1. The van der Waals surface area contributed by atoms with Crippen molar-refractivity contribution in [1.29, 1.82) is 0 Å². The van der Waals surface area contributed by atoms with Crippen LogP contribution in [0.2, 0.25) is 0 Å². The molecule has 0 saturated carbocycles. The van der Waals surface area contributed by atoms with Crippen LogP contribution >= 0.6 is 0 Å². The summed E-state index contributed by atoms with van der Waals surface area (Å²) >= 11 is 0. The largest absolute Gasteiger partial charge is 0.361 e. The van der Waals surface area contributed by atoms with E-state index in [1.807, 2.05) is 0 Å². The van der Waals surface area contributed by atoms with Crippen LogP contribution in [0.4, 0.5) is 0 Å². The molecule has 0 fully saturated rings. The Labute approximate surface area is 111 Å². The second-order valence-electron chi connectivity index (χ2n) is 4.69. The van der Waals surface area contributed by atoms with Crippen LogP contribution < -0.4 is 0 Å². The van der Waals surface area contributed by atoms with Crippen LogP contribution in [-0.2, 0) is 28.4 Å². The summed E-state index contributed by atoms with van der Waals surface area (Å²) in [5.41, 5.74) is 1.54. The molecule has 2 aromatic heterocycles. The molecule has 2 aromatic rings. The fourth-order valence-corrected chi connectivity index (χ4v) is 3.62. The van der Waals surface area contributed by atoms with Crippen molar-refractivity contribution in [2.75, 3.05) is 0 Å². The van der Waals surface area contributed by atoms with Gasteiger partial charge in [-0.3, -0.25) is 4.98 Å². The van der Waals surface area contributed by atoms with Crippen molar-refractivity contribution in [3.63, 3.8) is 0 Å². The van der Waals surface area contributed by atoms with Crippen LogP contribution in [0.5, 0.6) is 0 Å². The average Bonchev–Trinajstić information content (AvgIpc) is 2.83. The van der Waals surface area contributed by atoms with E-state index in [-0.39, 0.29) is 10.6 Å².